The van der Waals surface area contributed by atoms with Crippen LogP contribution in [0.15, 0.2) is 54.6 Å². The van der Waals surface area contributed by atoms with Crippen LogP contribution in [0.4, 0.5) is 35.1 Å². The van der Waals surface area contributed by atoms with Crippen molar-refractivity contribution in [1.82, 2.24) is 0 Å². The van der Waals surface area contributed by atoms with Gasteiger partial charge in [0.2, 0.25) is 5.75 Å². The molecule has 0 bridgehead atoms. The van der Waals surface area contributed by atoms with Crippen LogP contribution in [0.3, 0.4) is 0 Å². The summed E-state index contributed by atoms with van der Waals surface area (Å²) in [7, 11) is 1.50. The van der Waals surface area contributed by atoms with Gasteiger partial charge in [-0.3, -0.25) is 0 Å². The molecule has 0 atom stereocenters. The first-order valence-corrected chi connectivity index (χ1v) is 12.3. The molecule has 4 rings (SSSR count). The Bertz CT molecular complexity index is 1470. The van der Waals surface area contributed by atoms with E-state index in [1.165, 1.54) is 25.3 Å². The number of ether oxygens (including phenoxy) is 2. The van der Waals surface area contributed by atoms with E-state index in [0.29, 0.717) is 42.5 Å². The Morgan fingerprint density at radius 2 is 1.23 bits per heavy atom. The molecular weight excluding hydrogens is 544 g/mol. The first-order valence-electron chi connectivity index (χ1n) is 12.3. The van der Waals surface area contributed by atoms with Gasteiger partial charge in [0, 0.05) is 18.1 Å². The molecule has 0 fully saturated rings. The minimum atomic E-state index is -5.25. The molecule has 2 nitrogen and oxygen atoms in total. The normalized spacial score (nSPS) is 11.8. The summed E-state index contributed by atoms with van der Waals surface area (Å²) in [5.41, 5.74) is 1.49. The Hall–Kier alpha value is -3.66. The second kappa shape index (κ2) is 12.2. The molecule has 0 saturated heterocycles. The number of fused-ring (bicyclic) bond motifs is 1. The molecule has 0 saturated carbocycles. The molecule has 0 aliphatic rings. The van der Waals surface area contributed by atoms with Gasteiger partial charge < -0.3 is 9.47 Å². The maximum atomic E-state index is 15.2. The SMILES string of the molecule is COCCc1cc(F)c(CCc2ccc3c(F)c(CCc4cc(F)c(OC(F)(F)F)c(F)c4)ccc3c2)c(F)c1. The highest BCUT2D eigenvalue weighted by Gasteiger charge is 2.34. The van der Waals surface area contributed by atoms with Gasteiger partial charge in [0.25, 0.3) is 0 Å². The average molecular weight is 569 g/mol. The van der Waals surface area contributed by atoms with Gasteiger partial charge in [-0.1, -0.05) is 30.3 Å². The van der Waals surface area contributed by atoms with Gasteiger partial charge in [0.15, 0.2) is 11.6 Å². The largest absolute Gasteiger partial charge is 0.573 e. The number of hydrogen-bond acceptors (Lipinski definition) is 2. The molecule has 0 aromatic heterocycles. The highest BCUT2D eigenvalue weighted by atomic mass is 19.4. The Morgan fingerprint density at radius 3 is 1.85 bits per heavy atom. The highest BCUT2D eigenvalue weighted by molar-refractivity contribution is 5.84. The van der Waals surface area contributed by atoms with Crippen LogP contribution in [0.2, 0.25) is 0 Å². The standard InChI is InChI=1S/C30H24F8O2/c1-39-11-10-19-13-24(31)23(25(32)14-19)9-4-17-3-8-22-21(12-17)7-6-20(28(22)35)5-2-18-15-26(33)29(27(34)16-18)40-30(36,37)38/h3,6-8,12-16H,2,4-5,9-11H2,1H3. The fourth-order valence-corrected chi connectivity index (χ4v) is 4.51. The third-order valence-electron chi connectivity index (χ3n) is 6.52. The molecule has 0 N–H and O–H groups in total. The third-order valence-corrected chi connectivity index (χ3v) is 6.52. The molecule has 0 unspecified atom stereocenters. The lowest BCUT2D eigenvalue weighted by Gasteiger charge is -2.12. The lowest BCUT2D eigenvalue weighted by molar-refractivity contribution is -0.276. The van der Waals surface area contributed by atoms with Crippen LogP contribution in [-0.4, -0.2) is 20.1 Å². The maximum Gasteiger partial charge on any atom is 0.573 e. The number of rotatable bonds is 10. The maximum absolute atomic E-state index is 15.2. The zero-order chi connectivity index (χ0) is 29.0. The van der Waals surface area contributed by atoms with E-state index in [9.17, 15) is 30.7 Å². The zero-order valence-corrected chi connectivity index (χ0v) is 21.3. The van der Waals surface area contributed by atoms with Gasteiger partial charge >= 0.3 is 6.36 Å². The third kappa shape index (κ3) is 7.10. The summed E-state index contributed by atoms with van der Waals surface area (Å²) >= 11 is 0. The smallest absolute Gasteiger partial charge is 0.399 e. The van der Waals surface area contributed by atoms with Crippen LogP contribution in [-0.2, 0) is 36.8 Å². The number of halogens is 8. The van der Waals surface area contributed by atoms with E-state index in [1.807, 2.05) is 0 Å². The van der Waals surface area contributed by atoms with Crippen LogP contribution >= 0.6 is 0 Å². The summed E-state index contributed by atoms with van der Waals surface area (Å²) in [4.78, 5) is 0. The number of alkyl halides is 3. The van der Waals surface area contributed by atoms with E-state index in [4.69, 9.17) is 4.74 Å². The number of methoxy groups -OCH3 is 1. The second-order valence-electron chi connectivity index (χ2n) is 9.31. The molecule has 10 heteroatoms. The zero-order valence-electron chi connectivity index (χ0n) is 21.3. The molecular formula is C30H24F8O2. The van der Waals surface area contributed by atoms with E-state index >= 15 is 4.39 Å². The molecule has 212 valence electrons. The van der Waals surface area contributed by atoms with Crippen molar-refractivity contribution < 1.29 is 44.6 Å². The molecule has 4 aromatic rings. The van der Waals surface area contributed by atoms with Gasteiger partial charge in [-0.25, -0.2) is 22.0 Å². The van der Waals surface area contributed by atoms with Gasteiger partial charge in [-0.15, -0.1) is 13.2 Å². The molecule has 0 amide bonds. The minimum absolute atomic E-state index is 0.0286. The summed E-state index contributed by atoms with van der Waals surface area (Å²) < 4.78 is 117. The topological polar surface area (TPSA) is 18.5 Å². The Balaban J connectivity index is 1.45. The summed E-state index contributed by atoms with van der Waals surface area (Å²) in [6.07, 6.45) is -4.45. The lowest BCUT2D eigenvalue weighted by Crippen LogP contribution is -2.19. The van der Waals surface area contributed by atoms with Gasteiger partial charge in [0.1, 0.15) is 17.5 Å². The van der Waals surface area contributed by atoms with Gasteiger partial charge in [-0.2, -0.15) is 0 Å². The Labute approximate surface area is 225 Å². The highest BCUT2D eigenvalue weighted by Crippen LogP contribution is 2.30. The van der Waals surface area contributed by atoms with Crippen molar-refractivity contribution in [1.29, 1.82) is 0 Å². The first kappa shape index (κ1) is 29.3. The van der Waals surface area contributed by atoms with Crippen LogP contribution in [0.25, 0.3) is 10.8 Å². The summed E-state index contributed by atoms with van der Waals surface area (Å²) in [5, 5.41) is 0.841. The number of aryl methyl sites for hydroxylation is 3. The van der Waals surface area contributed by atoms with Crippen molar-refractivity contribution >= 4 is 10.8 Å². The van der Waals surface area contributed by atoms with Crippen molar-refractivity contribution in [3.05, 3.63) is 112 Å². The van der Waals surface area contributed by atoms with E-state index in [-0.39, 0.29) is 41.3 Å². The van der Waals surface area contributed by atoms with E-state index < -0.39 is 41.2 Å². The van der Waals surface area contributed by atoms with Crippen molar-refractivity contribution in [2.75, 3.05) is 13.7 Å². The van der Waals surface area contributed by atoms with Crippen molar-refractivity contribution in [2.45, 2.75) is 38.5 Å². The molecule has 0 aliphatic heterocycles. The lowest BCUT2D eigenvalue weighted by atomic mass is 9.96. The van der Waals surface area contributed by atoms with Crippen molar-refractivity contribution in [3.63, 3.8) is 0 Å². The summed E-state index contributed by atoms with van der Waals surface area (Å²) in [6, 6.07) is 12.1. The predicted octanol–water partition coefficient (Wildman–Crippen LogP) is 8.19. The van der Waals surface area contributed by atoms with Crippen LogP contribution in [0.1, 0.15) is 27.8 Å². The van der Waals surface area contributed by atoms with Crippen LogP contribution < -0.4 is 4.74 Å². The molecule has 0 spiro atoms. The average Bonchev–Trinajstić information content (AvgIpc) is 2.88. The van der Waals surface area contributed by atoms with Crippen LogP contribution in [0.5, 0.6) is 5.75 Å². The Kier molecular flexibility index (Phi) is 8.98. The van der Waals surface area contributed by atoms with E-state index in [1.54, 1.807) is 24.3 Å². The molecule has 0 radical (unpaired) electrons. The quantitative estimate of drug-likeness (QED) is 0.180. The monoisotopic (exact) mass is 568 g/mol. The number of hydrogen-bond donors (Lipinski definition) is 0. The fraction of sp³-hybridized carbons (Fsp3) is 0.267. The Morgan fingerprint density at radius 1 is 0.625 bits per heavy atom. The molecule has 0 heterocycles. The van der Waals surface area contributed by atoms with Gasteiger partial charge in [0.05, 0.1) is 6.61 Å². The second-order valence-corrected chi connectivity index (χ2v) is 9.31. The van der Waals surface area contributed by atoms with Gasteiger partial charge in [-0.05, 0) is 84.0 Å². The summed E-state index contributed by atoms with van der Waals surface area (Å²) in [6.45, 7) is 0.346. The fourth-order valence-electron chi connectivity index (χ4n) is 4.51. The van der Waals surface area contributed by atoms with E-state index in [0.717, 1.165) is 5.56 Å². The molecule has 0 aliphatic carbocycles. The van der Waals surface area contributed by atoms with Crippen LogP contribution in [0, 0.1) is 29.1 Å². The first-order chi connectivity index (χ1) is 18.9. The number of benzene rings is 4. The molecule has 40 heavy (non-hydrogen) atoms. The minimum Gasteiger partial charge on any atom is -0.399 e. The predicted molar refractivity (Wildman–Crippen MR) is 134 cm³/mol. The van der Waals surface area contributed by atoms with Crippen molar-refractivity contribution in [2.24, 2.45) is 0 Å². The van der Waals surface area contributed by atoms with Crippen molar-refractivity contribution in [3.8, 4) is 5.75 Å². The van der Waals surface area contributed by atoms with E-state index in [2.05, 4.69) is 4.74 Å². The summed E-state index contributed by atoms with van der Waals surface area (Å²) in [5.74, 6) is -6.39. The molecule has 4 aromatic carbocycles.